The maximum absolute atomic E-state index is 9.34. The van der Waals surface area contributed by atoms with Gasteiger partial charge in [0.05, 0.1) is 11.9 Å². The van der Waals surface area contributed by atoms with Gasteiger partial charge in [0.1, 0.15) is 5.84 Å². The molecule has 0 aliphatic carbocycles. The van der Waals surface area contributed by atoms with Crippen LogP contribution in [0, 0.1) is 0 Å². The van der Waals surface area contributed by atoms with Gasteiger partial charge in [0, 0.05) is 6.20 Å². The highest BCUT2D eigenvalue weighted by Crippen LogP contribution is 2.21. The van der Waals surface area contributed by atoms with E-state index in [-0.39, 0.29) is 5.76 Å². The van der Waals surface area contributed by atoms with Crippen molar-refractivity contribution in [2.75, 3.05) is 0 Å². The van der Waals surface area contributed by atoms with Gasteiger partial charge in [-0.1, -0.05) is 6.58 Å². The van der Waals surface area contributed by atoms with Gasteiger partial charge < -0.3 is 5.11 Å². The highest BCUT2D eigenvalue weighted by molar-refractivity contribution is 5.98. The van der Waals surface area contributed by atoms with Crippen molar-refractivity contribution in [2.24, 2.45) is 4.99 Å². The second kappa shape index (κ2) is 2.62. The van der Waals surface area contributed by atoms with Crippen molar-refractivity contribution in [3.05, 3.63) is 48.2 Å². The summed E-state index contributed by atoms with van der Waals surface area (Å²) in [7, 11) is 0. The Kier molecular flexibility index (Phi) is 1.59. The summed E-state index contributed by atoms with van der Waals surface area (Å²) in [4.78, 5) is 5.83. The highest BCUT2D eigenvalue weighted by atomic mass is 16.3. The van der Waals surface area contributed by atoms with Gasteiger partial charge in [-0.25, -0.2) is 4.99 Å². The Bertz CT molecular complexity index is 386. The molecule has 0 aromatic heterocycles. The number of allylic oxidation sites excluding steroid dienone is 2. The number of fused-ring (bicyclic) bond motifs is 1. The first-order valence-electron chi connectivity index (χ1n) is 4.00. The molecule has 0 unspecified atom stereocenters. The molecular weight excluding hydrogens is 164 g/mol. The standard InChI is InChI=1S/C10H10N2O/c1-7-3-4-12-8(2)9(13)6-11-10(12)5-7/h3-6,13H,2H2,1H3. The number of aliphatic imine (C=N–C) groups is 1. The maximum atomic E-state index is 9.34. The van der Waals surface area contributed by atoms with E-state index in [1.54, 1.807) is 4.90 Å². The van der Waals surface area contributed by atoms with Crippen LogP contribution in [0.4, 0.5) is 0 Å². The van der Waals surface area contributed by atoms with Crippen molar-refractivity contribution in [3.63, 3.8) is 0 Å². The molecule has 0 saturated heterocycles. The molecule has 3 nitrogen and oxygen atoms in total. The fourth-order valence-electron chi connectivity index (χ4n) is 1.24. The quantitative estimate of drug-likeness (QED) is 0.610. The Hall–Kier alpha value is -1.77. The Morgan fingerprint density at radius 3 is 3.08 bits per heavy atom. The lowest BCUT2D eigenvalue weighted by molar-refractivity contribution is 0.395. The van der Waals surface area contributed by atoms with E-state index < -0.39 is 0 Å². The minimum absolute atomic E-state index is 0.112. The van der Waals surface area contributed by atoms with Crippen LogP contribution in [-0.2, 0) is 0 Å². The average Bonchev–Trinajstić information content (AvgIpc) is 2.12. The molecule has 0 aromatic carbocycles. The molecule has 2 aliphatic rings. The van der Waals surface area contributed by atoms with Crippen molar-refractivity contribution < 1.29 is 5.11 Å². The number of aliphatic hydroxyl groups is 1. The first kappa shape index (κ1) is 7.86. The largest absolute Gasteiger partial charge is 0.504 e. The molecule has 0 fully saturated rings. The zero-order valence-electron chi connectivity index (χ0n) is 7.36. The van der Waals surface area contributed by atoms with Gasteiger partial charge in [-0.05, 0) is 24.6 Å². The van der Waals surface area contributed by atoms with E-state index >= 15 is 0 Å². The summed E-state index contributed by atoms with van der Waals surface area (Å²) in [5.74, 6) is 0.907. The molecular formula is C10H10N2O. The molecule has 0 spiro atoms. The van der Waals surface area contributed by atoms with E-state index in [1.807, 2.05) is 25.3 Å². The Morgan fingerprint density at radius 2 is 2.31 bits per heavy atom. The fourth-order valence-corrected chi connectivity index (χ4v) is 1.24. The van der Waals surface area contributed by atoms with Crippen LogP contribution in [-0.4, -0.2) is 15.8 Å². The van der Waals surface area contributed by atoms with Gasteiger partial charge in [0.25, 0.3) is 0 Å². The van der Waals surface area contributed by atoms with Gasteiger partial charge in [-0.2, -0.15) is 0 Å². The van der Waals surface area contributed by atoms with E-state index in [0.717, 1.165) is 11.4 Å². The third-order valence-electron chi connectivity index (χ3n) is 2.00. The molecule has 3 heteroatoms. The lowest BCUT2D eigenvalue weighted by Gasteiger charge is -2.27. The van der Waals surface area contributed by atoms with Gasteiger partial charge in [-0.15, -0.1) is 0 Å². The summed E-state index contributed by atoms with van der Waals surface area (Å²) in [5, 5.41) is 9.34. The van der Waals surface area contributed by atoms with Crippen molar-refractivity contribution in [3.8, 4) is 0 Å². The van der Waals surface area contributed by atoms with Crippen LogP contribution in [0.15, 0.2) is 53.2 Å². The second-order valence-corrected chi connectivity index (χ2v) is 3.02. The molecule has 0 saturated carbocycles. The molecule has 0 atom stereocenters. The van der Waals surface area contributed by atoms with Gasteiger partial charge in [-0.3, -0.25) is 4.90 Å². The maximum Gasteiger partial charge on any atom is 0.157 e. The van der Waals surface area contributed by atoms with Crippen molar-refractivity contribution in [2.45, 2.75) is 6.92 Å². The fraction of sp³-hybridized carbons (Fsp3) is 0.100. The summed E-state index contributed by atoms with van der Waals surface area (Å²) in [6.07, 6.45) is 7.15. The summed E-state index contributed by atoms with van der Waals surface area (Å²) < 4.78 is 0. The van der Waals surface area contributed by atoms with Gasteiger partial charge >= 0.3 is 0 Å². The zero-order chi connectivity index (χ0) is 9.42. The monoisotopic (exact) mass is 174 g/mol. The van der Waals surface area contributed by atoms with E-state index in [4.69, 9.17) is 0 Å². The van der Waals surface area contributed by atoms with E-state index in [0.29, 0.717) is 5.70 Å². The van der Waals surface area contributed by atoms with Crippen LogP contribution in [0.5, 0.6) is 0 Å². The second-order valence-electron chi connectivity index (χ2n) is 3.02. The van der Waals surface area contributed by atoms with E-state index in [1.165, 1.54) is 6.20 Å². The number of rotatable bonds is 0. The Labute approximate surface area is 76.7 Å². The number of hydrogen-bond acceptors (Lipinski definition) is 3. The minimum atomic E-state index is 0.112. The van der Waals surface area contributed by atoms with Crippen LogP contribution in [0.2, 0.25) is 0 Å². The van der Waals surface area contributed by atoms with Crippen molar-refractivity contribution in [1.29, 1.82) is 0 Å². The Morgan fingerprint density at radius 1 is 1.54 bits per heavy atom. The van der Waals surface area contributed by atoms with E-state index in [9.17, 15) is 5.11 Å². The topological polar surface area (TPSA) is 35.8 Å². The summed E-state index contributed by atoms with van der Waals surface area (Å²) in [5.41, 5.74) is 1.70. The summed E-state index contributed by atoms with van der Waals surface area (Å²) >= 11 is 0. The molecule has 0 radical (unpaired) electrons. The molecule has 66 valence electrons. The third-order valence-corrected chi connectivity index (χ3v) is 2.00. The SMILES string of the molecule is C=C1C(O)=CN=C2C=C(C)C=CN12. The van der Waals surface area contributed by atoms with Crippen LogP contribution in [0.25, 0.3) is 0 Å². The van der Waals surface area contributed by atoms with Crippen LogP contribution in [0.3, 0.4) is 0 Å². The number of amidine groups is 1. The zero-order valence-corrected chi connectivity index (χ0v) is 7.36. The van der Waals surface area contributed by atoms with Gasteiger partial charge in [0.2, 0.25) is 0 Å². The molecule has 2 aliphatic heterocycles. The molecule has 2 heterocycles. The number of hydrogen-bond donors (Lipinski definition) is 1. The van der Waals surface area contributed by atoms with Crippen LogP contribution in [0.1, 0.15) is 6.92 Å². The lowest BCUT2D eigenvalue weighted by Crippen LogP contribution is -2.28. The lowest BCUT2D eigenvalue weighted by atomic mass is 10.1. The van der Waals surface area contributed by atoms with Crippen molar-refractivity contribution >= 4 is 5.84 Å². The predicted octanol–water partition coefficient (Wildman–Crippen LogP) is 2.09. The van der Waals surface area contributed by atoms with E-state index in [2.05, 4.69) is 11.6 Å². The number of nitrogens with zero attached hydrogens (tertiary/aromatic N) is 2. The van der Waals surface area contributed by atoms with Crippen LogP contribution < -0.4 is 0 Å². The van der Waals surface area contributed by atoms with Crippen LogP contribution >= 0.6 is 0 Å². The normalized spacial score (nSPS) is 20.5. The first-order valence-corrected chi connectivity index (χ1v) is 4.00. The average molecular weight is 174 g/mol. The molecule has 2 rings (SSSR count). The third kappa shape index (κ3) is 1.18. The molecule has 0 bridgehead atoms. The summed E-state index contributed by atoms with van der Waals surface area (Å²) in [6, 6.07) is 0. The van der Waals surface area contributed by atoms with Gasteiger partial charge in [0.15, 0.2) is 5.76 Å². The predicted molar refractivity (Wildman–Crippen MR) is 52.0 cm³/mol. The molecule has 13 heavy (non-hydrogen) atoms. The first-order chi connectivity index (χ1) is 6.18. The molecule has 0 aromatic rings. The summed E-state index contributed by atoms with van der Waals surface area (Å²) in [6.45, 7) is 5.75. The smallest absolute Gasteiger partial charge is 0.157 e. The highest BCUT2D eigenvalue weighted by Gasteiger charge is 2.19. The molecule has 0 amide bonds. The van der Waals surface area contributed by atoms with Crippen molar-refractivity contribution in [1.82, 2.24) is 4.90 Å². The Balaban J connectivity index is 2.45. The number of aliphatic hydroxyl groups excluding tert-OH is 1. The minimum Gasteiger partial charge on any atom is -0.504 e. The molecule has 1 N–H and O–H groups in total.